The van der Waals surface area contributed by atoms with Crippen molar-refractivity contribution in [2.45, 2.75) is 18.9 Å². The SMILES string of the molecule is O=C(CCC1N[P+]2(OCCO2)OC1=O)NP1(=S)OCCO1. The van der Waals surface area contributed by atoms with Gasteiger partial charge in [0.25, 0.3) is 6.64 Å². The fourth-order valence-corrected chi connectivity index (χ4v) is 6.01. The molecule has 3 rings (SSSR count). The first-order chi connectivity index (χ1) is 10.0. The van der Waals surface area contributed by atoms with Gasteiger partial charge in [0.05, 0.1) is 13.2 Å². The van der Waals surface area contributed by atoms with Gasteiger partial charge in [-0.05, 0) is 18.2 Å². The predicted molar refractivity (Wildman–Crippen MR) is 75.4 cm³/mol. The van der Waals surface area contributed by atoms with E-state index in [4.69, 9.17) is 34.4 Å². The minimum Gasteiger partial charge on any atom is -0.311 e. The molecule has 3 fully saturated rings. The van der Waals surface area contributed by atoms with Crippen molar-refractivity contribution < 1.29 is 32.2 Å². The highest BCUT2D eigenvalue weighted by atomic mass is 32.5. The molecular formula is C9H15N2O7P2S+. The summed E-state index contributed by atoms with van der Waals surface area (Å²) in [6.45, 7) is -1.13. The zero-order valence-electron chi connectivity index (χ0n) is 11.0. The molecule has 3 aliphatic rings. The third kappa shape index (κ3) is 3.60. The van der Waals surface area contributed by atoms with Gasteiger partial charge >= 0.3 is 14.1 Å². The van der Waals surface area contributed by atoms with Crippen LogP contribution in [0.15, 0.2) is 0 Å². The van der Waals surface area contributed by atoms with Crippen LogP contribution >= 0.6 is 14.7 Å². The fraction of sp³-hybridized carbons (Fsp3) is 0.778. The van der Waals surface area contributed by atoms with Gasteiger partial charge in [0.2, 0.25) is 5.91 Å². The number of nitrogens with one attached hydrogen (secondary N) is 2. The summed E-state index contributed by atoms with van der Waals surface area (Å²) in [5, 5.41) is 5.47. The molecule has 0 bridgehead atoms. The van der Waals surface area contributed by atoms with Crippen molar-refractivity contribution in [3.63, 3.8) is 0 Å². The van der Waals surface area contributed by atoms with Crippen LogP contribution in [0.25, 0.3) is 0 Å². The summed E-state index contributed by atoms with van der Waals surface area (Å²) in [6, 6.07) is -0.619. The fourth-order valence-electron chi connectivity index (χ4n) is 2.01. The minimum atomic E-state index is -2.71. The largest absolute Gasteiger partial charge is 0.550 e. The molecule has 0 saturated carbocycles. The van der Waals surface area contributed by atoms with Crippen molar-refractivity contribution in [1.82, 2.24) is 10.2 Å². The Morgan fingerprint density at radius 2 is 2.00 bits per heavy atom. The van der Waals surface area contributed by atoms with Gasteiger partial charge in [0, 0.05) is 6.42 Å². The average Bonchev–Trinajstić information content (AvgIpc) is 3.11. The number of rotatable bonds is 4. The summed E-state index contributed by atoms with van der Waals surface area (Å²) >= 11 is 5.09. The maximum atomic E-state index is 11.8. The molecule has 1 atom stereocenters. The predicted octanol–water partition coefficient (Wildman–Crippen LogP) is 0.393. The third-order valence-electron chi connectivity index (χ3n) is 2.94. The number of hydrogen-bond donors (Lipinski definition) is 2. The Balaban J connectivity index is 1.47. The zero-order chi connectivity index (χ0) is 14.9. The molecule has 1 amide bonds. The molecule has 0 radical (unpaired) electrons. The van der Waals surface area contributed by atoms with Gasteiger partial charge in [0.15, 0.2) is 6.04 Å². The number of amides is 1. The van der Waals surface area contributed by atoms with Crippen molar-refractivity contribution in [2.75, 3.05) is 26.4 Å². The highest BCUT2D eigenvalue weighted by molar-refractivity contribution is 8.09. The van der Waals surface area contributed by atoms with E-state index in [0.717, 1.165) is 0 Å². The third-order valence-corrected chi connectivity index (χ3v) is 7.51. The van der Waals surface area contributed by atoms with Gasteiger partial charge < -0.3 is 9.05 Å². The molecule has 12 heteroatoms. The average molecular weight is 357 g/mol. The van der Waals surface area contributed by atoms with Crippen LogP contribution in [-0.2, 0) is 44.0 Å². The second-order valence-corrected chi connectivity index (χ2v) is 9.62. The van der Waals surface area contributed by atoms with Gasteiger partial charge in [-0.25, -0.2) is 9.32 Å². The highest BCUT2D eigenvalue weighted by Gasteiger charge is 2.62. The maximum Gasteiger partial charge on any atom is 0.550 e. The lowest BCUT2D eigenvalue weighted by atomic mass is 10.2. The smallest absolute Gasteiger partial charge is 0.311 e. The van der Waals surface area contributed by atoms with Crippen molar-refractivity contribution in [3.05, 3.63) is 0 Å². The Labute approximate surface area is 126 Å². The van der Waals surface area contributed by atoms with Crippen LogP contribution in [0.4, 0.5) is 0 Å². The van der Waals surface area contributed by atoms with Crippen LogP contribution in [-0.4, -0.2) is 44.3 Å². The lowest BCUT2D eigenvalue weighted by Gasteiger charge is -2.14. The molecule has 0 aliphatic carbocycles. The first-order valence-corrected chi connectivity index (χ1v) is 10.6. The van der Waals surface area contributed by atoms with Crippen LogP contribution in [0, 0.1) is 0 Å². The molecule has 9 nitrogen and oxygen atoms in total. The second-order valence-electron chi connectivity index (χ2n) is 4.49. The standard InChI is InChI=1S/C9H14N2O7P2S/c12-8(11-20(21)16-5-6-17-20)2-1-7-9(13)18-19(10-7)14-3-4-15-19/h7,10H,1-6H2/p+1. The Hall–Kier alpha value is -0.180. The highest BCUT2D eigenvalue weighted by Crippen LogP contribution is 2.64. The molecule has 3 aliphatic heterocycles. The van der Waals surface area contributed by atoms with E-state index in [1.165, 1.54) is 0 Å². The summed E-state index contributed by atoms with van der Waals surface area (Å²) < 4.78 is 26.2. The lowest BCUT2D eigenvalue weighted by molar-refractivity contribution is -0.134. The molecule has 21 heavy (non-hydrogen) atoms. The summed E-state index contributed by atoms with van der Waals surface area (Å²) in [7, 11) is -2.71. The van der Waals surface area contributed by atoms with Crippen LogP contribution < -0.4 is 10.2 Å². The van der Waals surface area contributed by atoms with Crippen molar-refractivity contribution in [2.24, 2.45) is 0 Å². The van der Waals surface area contributed by atoms with E-state index >= 15 is 0 Å². The Kier molecular flexibility index (Phi) is 4.59. The molecular weight excluding hydrogens is 342 g/mol. The summed E-state index contributed by atoms with van der Waals surface area (Å²) in [4.78, 5) is 23.6. The van der Waals surface area contributed by atoms with Crippen molar-refractivity contribution in [3.8, 4) is 0 Å². The first-order valence-electron chi connectivity index (χ1n) is 6.40. The van der Waals surface area contributed by atoms with Gasteiger partial charge in [0.1, 0.15) is 13.2 Å². The van der Waals surface area contributed by atoms with E-state index in [9.17, 15) is 9.59 Å². The number of carbonyl (C=O) groups excluding carboxylic acids is 2. The topological polar surface area (TPSA) is 104 Å². The van der Waals surface area contributed by atoms with Crippen molar-refractivity contribution >= 4 is 38.4 Å². The lowest BCUT2D eigenvalue weighted by Crippen LogP contribution is -2.29. The number of hydrogen-bond acceptors (Lipinski definition) is 9. The molecule has 0 aromatic heterocycles. The molecule has 2 N–H and O–H groups in total. The van der Waals surface area contributed by atoms with Gasteiger partial charge in [-0.3, -0.25) is 9.88 Å². The second kappa shape index (κ2) is 6.14. The van der Waals surface area contributed by atoms with Crippen LogP contribution in [0.2, 0.25) is 0 Å². The molecule has 0 aromatic rings. The van der Waals surface area contributed by atoms with Gasteiger partial charge in [-0.15, -0.1) is 0 Å². The maximum absolute atomic E-state index is 11.8. The minimum absolute atomic E-state index is 0.0951. The normalized spacial score (nSPS) is 29.7. The summed E-state index contributed by atoms with van der Waals surface area (Å²) in [5.74, 6) is -0.781. The Morgan fingerprint density at radius 3 is 2.67 bits per heavy atom. The van der Waals surface area contributed by atoms with Gasteiger partial charge in [-0.1, -0.05) is 5.09 Å². The Morgan fingerprint density at radius 1 is 1.33 bits per heavy atom. The van der Waals surface area contributed by atoms with E-state index in [0.29, 0.717) is 26.4 Å². The molecule has 3 saturated heterocycles. The molecule has 1 unspecified atom stereocenters. The quantitative estimate of drug-likeness (QED) is 0.692. The van der Waals surface area contributed by atoms with E-state index in [1.807, 2.05) is 0 Å². The summed E-state index contributed by atoms with van der Waals surface area (Å²) in [6.07, 6.45) is 0.354. The summed E-state index contributed by atoms with van der Waals surface area (Å²) in [5.41, 5.74) is 0. The molecule has 0 aromatic carbocycles. The van der Waals surface area contributed by atoms with Crippen LogP contribution in [0.1, 0.15) is 12.8 Å². The van der Waals surface area contributed by atoms with E-state index in [1.54, 1.807) is 0 Å². The number of carbonyl (C=O) groups is 2. The van der Waals surface area contributed by atoms with Crippen LogP contribution in [0.3, 0.4) is 0 Å². The Bertz CT molecular complexity index is 488. The van der Waals surface area contributed by atoms with Crippen molar-refractivity contribution in [1.29, 1.82) is 0 Å². The van der Waals surface area contributed by atoms with E-state index in [2.05, 4.69) is 10.2 Å². The molecule has 3 heterocycles. The van der Waals surface area contributed by atoms with E-state index in [-0.39, 0.29) is 18.7 Å². The monoisotopic (exact) mass is 357 g/mol. The first kappa shape index (κ1) is 15.7. The van der Waals surface area contributed by atoms with Gasteiger partial charge in [-0.2, -0.15) is 9.05 Å². The van der Waals surface area contributed by atoms with Crippen LogP contribution in [0.5, 0.6) is 0 Å². The van der Waals surface area contributed by atoms with E-state index < -0.39 is 26.7 Å². The molecule has 118 valence electrons. The zero-order valence-corrected chi connectivity index (χ0v) is 13.6. The molecule has 1 spiro atoms.